The summed E-state index contributed by atoms with van der Waals surface area (Å²) in [5, 5.41) is 4.94. The van der Waals surface area contributed by atoms with Gasteiger partial charge in [0.05, 0.1) is 0 Å². The van der Waals surface area contributed by atoms with Gasteiger partial charge in [0, 0.05) is 12.6 Å². The molecule has 0 spiro atoms. The second kappa shape index (κ2) is 8.30. The van der Waals surface area contributed by atoms with E-state index in [0.717, 1.165) is 19.4 Å². The number of hydrogen-bond acceptors (Lipinski definition) is 3. The van der Waals surface area contributed by atoms with E-state index in [0.29, 0.717) is 13.0 Å². The lowest BCUT2D eigenvalue weighted by Gasteiger charge is -2.08. The van der Waals surface area contributed by atoms with E-state index in [4.69, 9.17) is 5.73 Å². The molecule has 17 heavy (non-hydrogen) atoms. The third kappa shape index (κ3) is 10.1. The quantitative estimate of drug-likeness (QED) is 0.561. The predicted molar refractivity (Wildman–Crippen MR) is 59.4 cm³/mol. The molecule has 0 aliphatic rings. The van der Waals surface area contributed by atoms with Gasteiger partial charge in [-0.1, -0.05) is 0 Å². The largest absolute Gasteiger partial charge is 0.471 e. The van der Waals surface area contributed by atoms with Crippen LogP contribution in [0.2, 0.25) is 0 Å². The van der Waals surface area contributed by atoms with Crippen LogP contribution in [0.3, 0.4) is 0 Å². The average Bonchev–Trinajstić information content (AvgIpc) is 2.19. The van der Waals surface area contributed by atoms with Crippen molar-refractivity contribution in [3.05, 3.63) is 0 Å². The molecule has 0 radical (unpaired) electrons. The standard InChI is InChI=1S/C10H20F3N3O/c1-8(14)4-7-15-5-2-3-6-16-9(17)10(11,12)13/h8,15H,2-7,14H2,1H3,(H,16,17)/t8-/m1/s1. The Labute approximate surface area is 99.1 Å². The maximum Gasteiger partial charge on any atom is 0.471 e. The van der Waals surface area contributed by atoms with Crippen molar-refractivity contribution in [1.29, 1.82) is 0 Å². The van der Waals surface area contributed by atoms with E-state index in [9.17, 15) is 18.0 Å². The topological polar surface area (TPSA) is 67.2 Å². The first kappa shape index (κ1) is 16.2. The normalized spacial score (nSPS) is 13.5. The molecule has 0 rings (SSSR count). The highest BCUT2D eigenvalue weighted by molar-refractivity contribution is 5.81. The van der Waals surface area contributed by atoms with Crippen LogP contribution in [0.1, 0.15) is 26.2 Å². The van der Waals surface area contributed by atoms with E-state index >= 15 is 0 Å². The van der Waals surface area contributed by atoms with Gasteiger partial charge in [0.1, 0.15) is 0 Å². The maximum atomic E-state index is 11.8. The third-order valence-electron chi connectivity index (χ3n) is 2.10. The Bertz CT molecular complexity index is 219. The number of rotatable bonds is 8. The zero-order valence-electron chi connectivity index (χ0n) is 9.94. The monoisotopic (exact) mass is 255 g/mol. The molecule has 0 aliphatic heterocycles. The van der Waals surface area contributed by atoms with Crippen molar-refractivity contribution in [3.8, 4) is 0 Å². The lowest BCUT2D eigenvalue weighted by atomic mass is 10.2. The van der Waals surface area contributed by atoms with Gasteiger partial charge in [0.15, 0.2) is 0 Å². The zero-order chi connectivity index (χ0) is 13.3. The highest BCUT2D eigenvalue weighted by Gasteiger charge is 2.38. The Morgan fingerprint density at radius 2 is 1.82 bits per heavy atom. The summed E-state index contributed by atoms with van der Waals surface area (Å²) >= 11 is 0. The van der Waals surface area contributed by atoms with Gasteiger partial charge < -0.3 is 16.4 Å². The van der Waals surface area contributed by atoms with E-state index in [1.807, 2.05) is 12.2 Å². The summed E-state index contributed by atoms with van der Waals surface area (Å²) in [5.41, 5.74) is 5.53. The summed E-state index contributed by atoms with van der Waals surface area (Å²) in [6.07, 6.45) is -2.68. The van der Waals surface area contributed by atoms with Crippen LogP contribution in [0.15, 0.2) is 0 Å². The molecule has 0 saturated carbocycles. The molecule has 0 fully saturated rings. The van der Waals surface area contributed by atoms with Gasteiger partial charge in [0.25, 0.3) is 0 Å². The van der Waals surface area contributed by atoms with Gasteiger partial charge in [0.2, 0.25) is 0 Å². The molecule has 0 unspecified atom stereocenters. The minimum Gasteiger partial charge on any atom is -0.348 e. The van der Waals surface area contributed by atoms with Crippen molar-refractivity contribution in [2.75, 3.05) is 19.6 Å². The van der Waals surface area contributed by atoms with E-state index < -0.39 is 12.1 Å². The Hall–Kier alpha value is -0.820. The number of carbonyl (C=O) groups is 1. The molecule has 0 bridgehead atoms. The van der Waals surface area contributed by atoms with Crippen molar-refractivity contribution in [2.45, 2.75) is 38.4 Å². The van der Waals surface area contributed by atoms with Crippen molar-refractivity contribution in [1.82, 2.24) is 10.6 Å². The van der Waals surface area contributed by atoms with Crippen molar-refractivity contribution in [2.24, 2.45) is 5.73 Å². The molecule has 4 nitrogen and oxygen atoms in total. The van der Waals surface area contributed by atoms with E-state index in [1.54, 1.807) is 0 Å². The molecule has 0 saturated heterocycles. The summed E-state index contributed by atoms with van der Waals surface area (Å²) in [4.78, 5) is 10.4. The van der Waals surface area contributed by atoms with Crippen LogP contribution in [0.4, 0.5) is 13.2 Å². The number of amides is 1. The third-order valence-corrected chi connectivity index (χ3v) is 2.10. The summed E-state index contributed by atoms with van der Waals surface area (Å²) in [6, 6.07) is 0.147. The highest BCUT2D eigenvalue weighted by Crippen LogP contribution is 2.13. The number of nitrogens with one attached hydrogen (secondary N) is 2. The van der Waals surface area contributed by atoms with Crippen LogP contribution in [-0.4, -0.2) is 37.8 Å². The Kier molecular flexibility index (Phi) is 7.90. The van der Waals surface area contributed by atoms with Crippen molar-refractivity contribution in [3.63, 3.8) is 0 Å². The highest BCUT2D eigenvalue weighted by atomic mass is 19.4. The van der Waals surface area contributed by atoms with Crippen LogP contribution < -0.4 is 16.4 Å². The van der Waals surface area contributed by atoms with Crippen molar-refractivity contribution >= 4 is 5.91 Å². The van der Waals surface area contributed by atoms with Gasteiger partial charge in [-0.25, -0.2) is 0 Å². The minimum atomic E-state index is -4.78. The van der Waals surface area contributed by atoms with Gasteiger partial charge in [-0.2, -0.15) is 13.2 Å². The second-order valence-corrected chi connectivity index (χ2v) is 3.98. The number of hydrogen-bond donors (Lipinski definition) is 3. The van der Waals surface area contributed by atoms with E-state index in [-0.39, 0.29) is 12.6 Å². The van der Waals surface area contributed by atoms with Gasteiger partial charge in [-0.3, -0.25) is 4.79 Å². The molecule has 0 aliphatic carbocycles. The van der Waals surface area contributed by atoms with Gasteiger partial charge in [-0.15, -0.1) is 0 Å². The lowest BCUT2D eigenvalue weighted by molar-refractivity contribution is -0.173. The molecule has 0 heterocycles. The van der Waals surface area contributed by atoms with Gasteiger partial charge >= 0.3 is 12.1 Å². The van der Waals surface area contributed by atoms with E-state index in [1.165, 1.54) is 0 Å². The lowest BCUT2D eigenvalue weighted by Crippen LogP contribution is -2.37. The Morgan fingerprint density at radius 1 is 1.24 bits per heavy atom. The van der Waals surface area contributed by atoms with Crippen LogP contribution in [0.25, 0.3) is 0 Å². The minimum absolute atomic E-state index is 0.0489. The molecular weight excluding hydrogens is 235 g/mol. The molecular formula is C10H20F3N3O. The number of halogens is 3. The first-order valence-corrected chi connectivity index (χ1v) is 5.65. The van der Waals surface area contributed by atoms with Crippen LogP contribution >= 0.6 is 0 Å². The number of unbranched alkanes of at least 4 members (excludes halogenated alkanes) is 1. The molecule has 7 heteroatoms. The summed E-state index contributed by atoms with van der Waals surface area (Å²) in [7, 11) is 0. The first-order valence-electron chi connectivity index (χ1n) is 5.65. The van der Waals surface area contributed by atoms with Gasteiger partial charge in [-0.05, 0) is 39.3 Å². The number of nitrogens with two attached hydrogens (primary N) is 1. The number of carbonyl (C=O) groups excluding carboxylic acids is 1. The molecule has 1 amide bonds. The molecule has 0 aromatic carbocycles. The number of alkyl halides is 3. The average molecular weight is 255 g/mol. The molecule has 0 aromatic heterocycles. The smallest absolute Gasteiger partial charge is 0.348 e. The Balaban J connectivity index is 3.27. The zero-order valence-corrected chi connectivity index (χ0v) is 9.94. The molecule has 1 atom stereocenters. The van der Waals surface area contributed by atoms with E-state index in [2.05, 4.69) is 5.32 Å². The SMILES string of the molecule is C[C@@H](N)CCNCCCCNC(=O)C(F)(F)F. The van der Waals surface area contributed by atoms with Crippen LogP contribution in [-0.2, 0) is 4.79 Å². The molecule has 0 aromatic rings. The van der Waals surface area contributed by atoms with Crippen molar-refractivity contribution < 1.29 is 18.0 Å². The first-order chi connectivity index (χ1) is 7.84. The Morgan fingerprint density at radius 3 is 2.35 bits per heavy atom. The maximum absolute atomic E-state index is 11.8. The second-order valence-electron chi connectivity index (χ2n) is 3.98. The predicted octanol–water partition coefficient (Wildman–Crippen LogP) is 0.772. The molecule has 102 valence electrons. The summed E-state index contributed by atoms with van der Waals surface area (Å²) < 4.78 is 35.3. The van der Waals surface area contributed by atoms with Crippen LogP contribution in [0, 0.1) is 0 Å². The summed E-state index contributed by atoms with van der Waals surface area (Å²) in [5.74, 6) is -1.87. The fraction of sp³-hybridized carbons (Fsp3) is 0.900. The fourth-order valence-corrected chi connectivity index (χ4v) is 1.13. The fourth-order valence-electron chi connectivity index (χ4n) is 1.13. The molecule has 4 N–H and O–H groups in total. The summed E-state index contributed by atoms with van der Waals surface area (Å²) in [6.45, 7) is 3.48. The van der Waals surface area contributed by atoms with Crippen LogP contribution in [0.5, 0.6) is 0 Å².